The second-order valence-electron chi connectivity index (χ2n) is 6.52. The Morgan fingerprint density at radius 2 is 1.63 bits per heavy atom. The van der Waals surface area contributed by atoms with Gasteiger partial charge in [0.2, 0.25) is 15.9 Å². The highest BCUT2D eigenvalue weighted by Gasteiger charge is 2.31. The number of amides is 1. The number of sulfonamides is 1. The average Bonchev–Trinajstić information content (AvgIpc) is 2.71. The van der Waals surface area contributed by atoms with Gasteiger partial charge < -0.3 is 14.8 Å². The zero-order chi connectivity index (χ0) is 22.1. The van der Waals surface area contributed by atoms with Crippen LogP contribution in [0.3, 0.4) is 0 Å². The molecule has 30 heavy (non-hydrogen) atoms. The molecule has 0 radical (unpaired) electrons. The molecule has 0 aliphatic heterocycles. The molecule has 8 heteroatoms. The fourth-order valence-corrected chi connectivity index (χ4v) is 4.14. The van der Waals surface area contributed by atoms with Gasteiger partial charge in [-0.2, -0.15) is 0 Å². The minimum Gasteiger partial charge on any atom is -0.494 e. The molecule has 1 amide bonds. The van der Waals surface area contributed by atoms with Gasteiger partial charge in [0.05, 0.1) is 18.6 Å². The van der Waals surface area contributed by atoms with Gasteiger partial charge in [0, 0.05) is 5.69 Å². The Morgan fingerprint density at radius 3 is 2.13 bits per heavy atom. The van der Waals surface area contributed by atoms with Gasteiger partial charge in [-0.05, 0) is 61.9 Å². The number of nitrogens with zero attached hydrogens (tertiary/aromatic N) is 1. The number of hydrogen-bond acceptors (Lipinski definition) is 5. The largest absolute Gasteiger partial charge is 0.494 e. The van der Waals surface area contributed by atoms with Crippen LogP contribution in [0.25, 0.3) is 0 Å². The Balaban J connectivity index is 2.23. The van der Waals surface area contributed by atoms with Gasteiger partial charge in [0.25, 0.3) is 0 Å². The van der Waals surface area contributed by atoms with Gasteiger partial charge in [-0.1, -0.05) is 19.6 Å². The van der Waals surface area contributed by atoms with E-state index in [1.54, 1.807) is 61.5 Å². The molecular formula is C22H28N2O5S. The number of ether oxygens (including phenoxy) is 2. The molecule has 0 heterocycles. The molecule has 0 saturated heterocycles. The first-order valence-electron chi connectivity index (χ1n) is 9.67. The normalized spacial score (nSPS) is 12.0. The van der Waals surface area contributed by atoms with E-state index in [-0.39, 0.29) is 0 Å². The molecule has 162 valence electrons. The highest BCUT2D eigenvalue weighted by molar-refractivity contribution is 7.92. The van der Waals surface area contributed by atoms with Crippen LogP contribution in [-0.4, -0.2) is 39.8 Å². The van der Waals surface area contributed by atoms with Crippen molar-refractivity contribution >= 4 is 27.3 Å². The molecule has 0 aliphatic rings. The second-order valence-corrected chi connectivity index (χ2v) is 8.38. The first-order valence-corrected chi connectivity index (χ1v) is 11.5. The lowest BCUT2D eigenvalue weighted by atomic mass is 10.1. The maximum Gasteiger partial charge on any atom is 0.248 e. The lowest BCUT2D eigenvalue weighted by Gasteiger charge is -2.30. The minimum atomic E-state index is -3.71. The Hall–Kier alpha value is -3.00. The summed E-state index contributed by atoms with van der Waals surface area (Å²) in [7, 11) is -3.71. The van der Waals surface area contributed by atoms with Crippen LogP contribution in [0.2, 0.25) is 0 Å². The highest BCUT2D eigenvalue weighted by Crippen LogP contribution is 2.26. The van der Waals surface area contributed by atoms with Crippen LogP contribution < -0.4 is 19.1 Å². The molecule has 1 N–H and O–H groups in total. The third-order valence-electron chi connectivity index (χ3n) is 4.22. The Morgan fingerprint density at radius 1 is 1.07 bits per heavy atom. The summed E-state index contributed by atoms with van der Waals surface area (Å²) in [5, 5.41) is 2.78. The van der Waals surface area contributed by atoms with E-state index in [0.29, 0.717) is 42.5 Å². The van der Waals surface area contributed by atoms with Gasteiger partial charge in [0.1, 0.15) is 24.1 Å². The SMILES string of the molecule is C=CCOc1ccc(NC(=O)[C@@H](CC)N(c2ccc(OCC)cc2)S(C)(=O)=O)cc1. The fraction of sp³-hybridized carbons (Fsp3) is 0.318. The van der Waals surface area contributed by atoms with Crippen molar-refractivity contribution in [3.05, 3.63) is 61.2 Å². The number of nitrogens with one attached hydrogen (secondary N) is 1. The predicted molar refractivity (Wildman–Crippen MR) is 120 cm³/mol. The molecule has 0 bridgehead atoms. The van der Waals surface area contributed by atoms with Gasteiger partial charge in [-0.25, -0.2) is 8.42 Å². The lowest BCUT2D eigenvalue weighted by molar-refractivity contribution is -0.117. The number of rotatable bonds is 11. The Kier molecular flexibility index (Phi) is 8.29. The monoisotopic (exact) mass is 432 g/mol. The van der Waals surface area contributed by atoms with Crippen molar-refractivity contribution in [1.29, 1.82) is 0 Å². The zero-order valence-electron chi connectivity index (χ0n) is 17.5. The number of benzene rings is 2. The average molecular weight is 433 g/mol. The van der Waals surface area contributed by atoms with Crippen LogP contribution in [0, 0.1) is 0 Å². The first kappa shape index (κ1) is 23.3. The lowest BCUT2D eigenvalue weighted by Crippen LogP contribution is -2.46. The summed E-state index contributed by atoms with van der Waals surface area (Å²) in [5.41, 5.74) is 0.945. The second kappa shape index (κ2) is 10.7. The number of carbonyl (C=O) groups is 1. The van der Waals surface area contributed by atoms with Crippen molar-refractivity contribution in [1.82, 2.24) is 0 Å². The van der Waals surface area contributed by atoms with Crippen molar-refractivity contribution in [3.63, 3.8) is 0 Å². The molecule has 2 aromatic rings. The molecule has 0 aromatic heterocycles. The summed E-state index contributed by atoms with van der Waals surface area (Å²) in [6.07, 6.45) is 3.03. The molecular weight excluding hydrogens is 404 g/mol. The Labute approximate surface area is 178 Å². The van der Waals surface area contributed by atoms with E-state index < -0.39 is 22.0 Å². The van der Waals surface area contributed by atoms with Crippen molar-refractivity contribution in [2.24, 2.45) is 0 Å². The van der Waals surface area contributed by atoms with E-state index in [1.165, 1.54) is 0 Å². The van der Waals surface area contributed by atoms with Crippen molar-refractivity contribution in [2.45, 2.75) is 26.3 Å². The van der Waals surface area contributed by atoms with Crippen LogP contribution in [0.15, 0.2) is 61.2 Å². The summed E-state index contributed by atoms with van der Waals surface area (Å²) >= 11 is 0. The van der Waals surface area contributed by atoms with Crippen LogP contribution in [0.4, 0.5) is 11.4 Å². The van der Waals surface area contributed by atoms with Crippen molar-refractivity contribution in [2.75, 3.05) is 29.1 Å². The van der Waals surface area contributed by atoms with E-state index in [0.717, 1.165) is 10.6 Å². The Bertz CT molecular complexity index is 940. The van der Waals surface area contributed by atoms with Crippen molar-refractivity contribution in [3.8, 4) is 11.5 Å². The third kappa shape index (κ3) is 6.25. The molecule has 0 aliphatic carbocycles. The zero-order valence-corrected chi connectivity index (χ0v) is 18.3. The van der Waals surface area contributed by atoms with Crippen molar-refractivity contribution < 1.29 is 22.7 Å². The summed E-state index contributed by atoms with van der Waals surface area (Å²) < 4.78 is 37.0. The number of hydrogen-bond donors (Lipinski definition) is 1. The highest BCUT2D eigenvalue weighted by atomic mass is 32.2. The van der Waals surface area contributed by atoms with Gasteiger partial charge >= 0.3 is 0 Å². The maximum atomic E-state index is 12.9. The van der Waals surface area contributed by atoms with Crippen LogP contribution in [0.1, 0.15) is 20.3 Å². The molecule has 0 unspecified atom stereocenters. The fourth-order valence-electron chi connectivity index (χ4n) is 2.93. The van der Waals surface area contributed by atoms with E-state index in [2.05, 4.69) is 11.9 Å². The molecule has 0 saturated carbocycles. The van der Waals surface area contributed by atoms with Crippen LogP contribution in [0.5, 0.6) is 11.5 Å². The van der Waals surface area contributed by atoms with Gasteiger partial charge in [-0.3, -0.25) is 9.10 Å². The number of carbonyl (C=O) groups excluding carboxylic acids is 1. The summed E-state index contributed by atoms with van der Waals surface area (Å²) in [4.78, 5) is 12.9. The standard InChI is InChI=1S/C22H28N2O5S/c1-5-16-29-20-12-8-17(9-13-20)23-22(25)21(6-2)24(30(4,26)27)18-10-14-19(15-11-18)28-7-3/h5,8-15,21H,1,6-7,16H2,2-4H3,(H,23,25)/t21-/m1/s1. The van der Waals surface area contributed by atoms with E-state index in [1.807, 2.05) is 6.92 Å². The molecule has 7 nitrogen and oxygen atoms in total. The number of anilines is 2. The van der Waals surface area contributed by atoms with E-state index in [9.17, 15) is 13.2 Å². The van der Waals surface area contributed by atoms with Gasteiger partial charge in [-0.15, -0.1) is 0 Å². The quantitative estimate of drug-likeness (QED) is 0.546. The van der Waals surface area contributed by atoms with Gasteiger partial charge in [0.15, 0.2) is 0 Å². The molecule has 2 rings (SSSR count). The summed E-state index contributed by atoms with van der Waals surface area (Å²) in [5.74, 6) is 0.856. The van der Waals surface area contributed by atoms with Crippen LogP contribution in [-0.2, 0) is 14.8 Å². The molecule has 0 spiro atoms. The van der Waals surface area contributed by atoms with E-state index in [4.69, 9.17) is 9.47 Å². The maximum absolute atomic E-state index is 12.9. The summed E-state index contributed by atoms with van der Waals surface area (Å²) in [6.45, 7) is 8.12. The molecule has 2 aromatic carbocycles. The van der Waals surface area contributed by atoms with E-state index >= 15 is 0 Å². The topological polar surface area (TPSA) is 84.9 Å². The molecule has 1 atom stereocenters. The summed E-state index contributed by atoms with van der Waals surface area (Å²) in [6, 6.07) is 12.6. The van der Waals surface area contributed by atoms with Crippen LogP contribution >= 0.6 is 0 Å². The first-order chi connectivity index (χ1) is 14.3. The molecule has 0 fully saturated rings. The minimum absolute atomic E-state index is 0.298. The smallest absolute Gasteiger partial charge is 0.248 e. The third-order valence-corrected chi connectivity index (χ3v) is 5.40. The predicted octanol–water partition coefficient (Wildman–Crippen LogP) is 3.83.